The second-order valence-electron chi connectivity index (χ2n) is 6.69. The highest BCUT2D eigenvalue weighted by Gasteiger charge is 2.27. The number of nitrogens with zero attached hydrogens (tertiary/aromatic N) is 4. The van der Waals surface area contributed by atoms with Gasteiger partial charge in [0.25, 0.3) is 0 Å². The van der Waals surface area contributed by atoms with Crippen molar-refractivity contribution in [1.29, 1.82) is 0 Å². The molecule has 1 atom stereocenters. The third-order valence-electron chi connectivity index (χ3n) is 4.99. The number of amides is 1. The van der Waals surface area contributed by atoms with E-state index in [9.17, 15) is 4.79 Å². The molecule has 0 bridgehead atoms. The van der Waals surface area contributed by atoms with E-state index in [2.05, 4.69) is 10.2 Å². The van der Waals surface area contributed by atoms with Crippen LogP contribution in [0, 0.1) is 0 Å². The minimum Gasteiger partial charge on any atom is -0.497 e. The van der Waals surface area contributed by atoms with Crippen LogP contribution in [0.25, 0.3) is 5.65 Å². The Kier molecular flexibility index (Phi) is 4.56. The molecule has 4 rings (SSSR count). The van der Waals surface area contributed by atoms with Crippen molar-refractivity contribution in [2.24, 2.45) is 0 Å². The molecule has 0 saturated carbocycles. The Balaban J connectivity index is 1.46. The average Bonchev–Trinajstić information content (AvgIpc) is 3.13. The van der Waals surface area contributed by atoms with Gasteiger partial charge in [-0.1, -0.05) is 18.2 Å². The number of carbonyl (C=O) groups is 1. The molecule has 1 aliphatic rings. The molecular formula is C20H22N4O2. The summed E-state index contributed by atoms with van der Waals surface area (Å²) in [7, 11) is 1.64. The van der Waals surface area contributed by atoms with Crippen LogP contribution in [0.2, 0.25) is 0 Å². The van der Waals surface area contributed by atoms with Crippen LogP contribution in [0.4, 0.5) is 0 Å². The SMILES string of the molecule is COc1ccc(CC(=O)N2CCCC(c3nnc4ccccn34)C2)cc1. The van der Waals surface area contributed by atoms with E-state index in [-0.39, 0.29) is 11.8 Å². The van der Waals surface area contributed by atoms with Crippen molar-refractivity contribution in [3.63, 3.8) is 0 Å². The second-order valence-corrected chi connectivity index (χ2v) is 6.69. The number of likely N-dealkylation sites (tertiary alicyclic amines) is 1. The van der Waals surface area contributed by atoms with Crippen LogP contribution in [-0.4, -0.2) is 45.6 Å². The molecule has 3 heterocycles. The highest BCUT2D eigenvalue weighted by molar-refractivity contribution is 5.79. The first-order valence-corrected chi connectivity index (χ1v) is 8.95. The molecule has 6 nitrogen and oxygen atoms in total. The monoisotopic (exact) mass is 350 g/mol. The summed E-state index contributed by atoms with van der Waals surface area (Å²) in [6.45, 7) is 1.51. The third-order valence-corrected chi connectivity index (χ3v) is 4.99. The van der Waals surface area contributed by atoms with E-state index in [1.165, 1.54) is 0 Å². The van der Waals surface area contributed by atoms with Gasteiger partial charge >= 0.3 is 0 Å². The summed E-state index contributed by atoms with van der Waals surface area (Å²) in [5.74, 6) is 2.13. The van der Waals surface area contributed by atoms with Crippen LogP contribution in [0.3, 0.4) is 0 Å². The topological polar surface area (TPSA) is 59.7 Å². The van der Waals surface area contributed by atoms with Crippen LogP contribution in [0.15, 0.2) is 48.7 Å². The zero-order valence-electron chi connectivity index (χ0n) is 14.8. The fourth-order valence-electron chi connectivity index (χ4n) is 3.58. The van der Waals surface area contributed by atoms with Crippen LogP contribution < -0.4 is 4.74 Å². The van der Waals surface area contributed by atoms with Crippen molar-refractivity contribution in [2.75, 3.05) is 20.2 Å². The maximum absolute atomic E-state index is 12.8. The van der Waals surface area contributed by atoms with Crippen molar-refractivity contribution < 1.29 is 9.53 Å². The largest absolute Gasteiger partial charge is 0.497 e. The summed E-state index contributed by atoms with van der Waals surface area (Å²) < 4.78 is 7.20. The van der Waals surface area contributed by atoms with Gasteiger partial charge in [0.1, 0.15) is 11.6 Å². The molecule has 134 valence electrons. The van der Waals surface area contributed by atoms with Crippen molar-refractivity contribution in [2.45, 2.75) is 25.2 Å². The zero-order chi connectivity index (χ0) is 17.9. The Morgan fingerprint density at radius 1 is 1.19 bits per heavy atom. The number of fused-ring (bicyclic) bond motifs is 1. The number of piperidine rings is 1. The first kappa shape index (κ1) is 16.6. The van der Waals surface area contributed by atoms with Gasteiger partial charge in [0.05, 0.1) is 13.5 Å². The third kappa shape index (κ3) is 3.27. The van der Waals surface area contributed by atoms with E-state index in [0.717, 1.165) is 42.2 Å². The van der Waals surface area contributed by atoms with Crippen LogP contribution in [0.1, 0.15) is 30.1 Å². The number of rotatable bonds is 4. The number of carbonyl (C=O) groups excluding carboxylic acids is 1. The molecule has 6 heteroatoms. The van der Waals surface area contributed by atoms with E-state index in [0.29, 0.717) is 13.0 Å². The minimum atomic E-state index is 0.161. The van der Waals surface area contributed by atoms with Crippen LogP contribution in [0.5, 0.6) is 5.75 Å². The van der Waals surface area contributed by atoms with Gasteiger partial charge in [-0.05, 0) is 42.7 Å². The number of ether oxygens (including phenoxy) is 1. The van der Waals surface area contributed by atoms with Gasteiger partial charge in [-0.25, -0.2) is 0 Å². The number of hydrogen-bond donors (Lipinski definition) is 0. The molecule has 1 saturated heterocycles. The Morgan fingerprint density at radius 3 is 2.85 bits per heavy atom. The van der Waals surface area contributed by atoms with Gasteiger partial charge in [-0.2, -0.15) is 0 Å². The quantitative estimate of drug-likeness (QED) is 0.726. The van der Waals surface area contributed by atoms with Crippen LogP contribution >= 0.6 is 0 Å². The summed E-state index contributed by atoms with van der Waals surface area (Å²) in [5.41, 5.74) is 1.86. The van der Waals surface area contributed by atoms with Crippen molar-refractivity contribution in [3.05, 3.63) is 60.0 Å². The molecule has 0 radical (unpaired) electrons. The highest BCUT2D eigenvalue weighted by Crippen LogP contribution is 2.26. The van der Waals surface area contributed by atoms with E-state index < -0.39 is 0 Å². The number of methoxy groups -OCH3 is 1. The smallest absolute Gasteiger partial charge is 0.227 e. The number of aromatic nitrogens is 3. The van der Waals surface area contributed by atoms with E-state index in [1.54, 1.807) is 7.11 Å². The predicted molar refractivity (Wildman–Crippen MR) is 98.2 cm³/mol. The Labute approximate surface area is 152 Å². The molecule has 26 heavy (non-hydrogen) atoms. The van der Waals surface area contributed by atoms with Gasteiger partial charge < -0.3 is 9.64 Å². The molecule has 1 fully saturated rings. The summed E-state index contributed by atoms with van der Waals surface area (Å²) in [6.07, 6.45) is 4.42. The maximum Gasteiger partial charge on any atom is 0.227 e. The molecule has 1 unspecified atom stereocenters. The molecule has 1 aromatic carbocycles. The van der Waals surface area contributed by atoms with Gasteiger partial charge in [0.2, 0.25) is 5.91 Å². The number of benzene rings is 1. The van der Waals surface area contributed by atoms with Gasteiger partial charge in [0.15, 0.2) is 5.65 Å². The zero-order valence-corrected chi connectivity index (χ0v) is 14.8. The lowest BCUT2D eigenvalue weighted by molar-refractivity contribution is -0.131. The number of pyridine rings is 1. The lowest BCUT2D eigenvalue weighted by atomic mass is 9.96. The molecule has 0 N–H and O–H groups in total. The fourth-order valence-corrected chi connectivity index (χ4v) is 3.58. The summed E-state index contributed by atoms with van der Waals surface area (Å²) >= 11 is 0. The van der Waals surface area contributed by atoms with Gasteiger partial charge in [-0.15, -0.1) is 10.2 Å². The van der Waals surface area contributed by atoms with Crippen molar-refractivity contribution >= 4 is 11.6 Å². The molecule has 3 aromatic rings. The Bertz CT molecular complexity index is 904. The number of hydrogen-bond acceptors (Lipinski definition) is 4. The van der Waals surface area contributed by atoms with Gasteiger partial charge in [0, 0.05) is 25.2 Å². The van der Waals surface area contributed by atoms with Crippen LogP contribution in [-0.2, 0) is 11.2 Å². The Hall–Kier alpha value is -2.89. The first-order chi connectivity index (χ1) is 12.7. The maximum atomic E-state index is 12.8. The predicted octanol–water partition coefficient (Wildman–Crippen LogP) is 2.69. The highest BCUT2D eigenvalue weighted by atomic mass is 16.5. The lowest BCUT2D eigenvalue weighted by Gasteiger charge is -2.32. The molecule has 0 aliphatic carbocycles. The molecule has 1 amide bonds. The van der Waals surface area contributed by atoms with E-state index in [1.807, 2.05) is 58.0 Å². The summed E-state index contributed by atoms with van der Waals surface area (Å²) in [5, 5.41) is 8.62. The average molecular weight is 350 g/mol. The first-order valence-electron chi connectivity index (χ1n) is 8.95. The molecule has 2 aromatic heterocycles. The van der Waals surface area contributed by atoms with Crippen molar-refractivity contribution in [3.8, 4) is 5.75 Å². The Morgan fingerprint density at radius 2 is 2.04 bits per heavy atom. The lowest BCUT2D eigenvalue weighted by Crippen LogP contribution is -2.40. The minimum absolute atomic E-state index is 0.161. The van der Waals surface area contributed by atoms with Crippen molar-refractivity contribution in [1.82, 2.24) is 19.5 Å². The second kappa shape index (κ2) is 7.15. The normalized spacial score (nSPS) is 17.4. The molecule has 1 aliphatic heterocycles. The standard InChI is InChI=1S/C20H22N4O2/c1-26-17-9-7-15(8-10-17)13-19(25)23-11-4-5-16(14-23)20-22-21-18-6-2-3-12-24(18)20/h2-3,6-10,12,16H,4-5,11,13-14H2,1H3. The summed E-state index contributed by atoms with van der Waals surface area (Å²) in [4.78, 5) is 14.7. The summed E-state index contributed by atoms with van der Waals surface area (Å²) in [6, 6.07) is 13.6. The van der Waals surface area contributed by atoms with E-state index in [4.69, 9.17) is 4.74 Å². The van der Waals surface area contributed by atoms with Gasteiger partial charge in [-0.3, -0.25) is 9.20 Å². The van der Waals surface area contributed by atoms with E-state index >= 15 is 0 Å². The molecular weight excluding hydrogens is 328 g/mol. The fraction of sp³-hybridized carbons (Fsp3) is 0.350. The molecule has 0 spiro atoms.